The first-order valence-electron chi connectivity index (χ1n) is 9.45. The van der Waals surface area contributed by atoms with E-state index in [1.165, 1.54) is 11.8 Å². The van der Waals surface area contributed by atoms with Crippen LogP contribution in [-0.2, 0) is 0 Å². The standard InChI is InChI=1S/C22H19N5O2S/c1-13-10-15(29-22-24-8-3-9-25-22)6-7-18(13)26-20(28)16-11-19(14-4-5-14)27-21(30-2)17(16)12-23/h3,6-11,14H,4-5H2,1-2H3,(H,26,28). The maximum Gasteiger partial charge on any atom is 0.321 e. The molecule has 1 fully saturated rings. The Labute approximate surface area is 178 Å². The van der Waals surface area contributed by atoms with E-state index in [1.807, 2.05) is 13.2 Å². The molecule has 1 aliphatic rings. The number of nitrogens with one attached hydrogen (secondary N) is 1. The summed E-state index contributed by atoms with van der Waals surface area (Å²) in [5.41, 5.74) is 3.00. The lowest BCUT2D eigenvalue weighted by molar-refractivity contribution is 0.102. The molecular weight excluding hydrogens is 398 g/mol. The zero-order valence-electron chi connectivity index (χ0n) is 16.5. The molecule has 1 N–H and O–H groups in total. The van der Waals surface area contributed by atoms with Crippen molar-refractivity contribution in [3.63, 3.8) is 0 Å². The van der Waals surface area contributed by atoms with Crippen LogP contribution in [0.25, 0.3) is 0 Å². The number of nitrogens with zero attached hydrogens (tertiary/aromatic N) is 4. The summed E-state index contributed by atoms with van der Waals surface area (Å²) in [7, 11) is 0. The maximum atomic E-state index is 13.0. The number of carbonyl (C=O) groups excluding carboxylic acids is 1. The summed E-state index contributed by atoms with van der Waals surface area (Å²) in [5, 5.41) is 13.1. The van der Waals surface area contributed by atoms with Crippen LogP contribution in [0.5, 0.6) is 11.8 Å². The number of hydrogen-bond donors (Lipinski definition) is 1. The van der Waals surface area contributed by atoms with E-state index in [0.717, 1.165) is 24.1 Å². The first-order valence-corrected chi connectivity index (χ1v) is 10.7. The van der Waals surface area contributed by atoms with Gasteiger partial charge in [0.1, 0.15) is 16.8 Å². The fourth-order valence-corrected chi connectivity index (χ4v) is 3.59. The van der Waals surface area contributed by atoms with Crippen LogP contribution in [0.3, 0.4) is 0 Å². The van der Waals surface area contributed by atoms with Crippen molar-refractivity contribution >= 4 is 23.4 Å². The summed E-state index contributed by atoms with van der Waals surface area (Å²) in [6.07, 6.45) is 7.20. The van der Waals surface area contributed by atoms with Crippen molar-refractivity contribution in [3.05, 3.63) is 65.1 Å². The molecule has 0 radical (unpaired) electrons. The second-order valence-corrected chi connectivity index (χ2v) is 7.72. The average molecular weight is 417 g/mol. The van der Waals surface area contributed by atoms with E-state index in [-0.39, 0.29) is 11.9 Å². The van der Waals surface area contributed by atoms with Crippen LogP contribution in [-0.4, -0.2) is 27.1 Å². The Kier molecular flexibility index (Phi) is 5.63. The van der Waals surface area contributed by atoms with Crippen LogP contribution < -0.4 is 10.1 Å². The largest absolute Gasteiger partial charge is 0.424 e. The summed E-state index contributed by atoms with van der Waals surface area (Å²) < 4.78 is 5.63. The van der Waals surface area contributed by atoms with Crippen molar-refractivity contribution in [2.75, 3.05) is 11.6 Å². The van der Waals surface area contributed by atoms with Gasteiger partial charge in [0, 0.05) is 29.7 Å². The van der Waals surface area contributed by atoms with Crippen molar-refractivity contribution in [1.82, 2.24) is 15.0 Å². The first kappa shape index (κ1) is 19.9. The van der Waals surface area contributed by atoms with Gasteiger partial charge in [-0.15, -0.1) is 11.8 Å². The minimum Gasteiger partial charge on any atom is -0.424 e. The van der Waals surface area contributed by atoms with Gasteiger partial charge in [0.05, 0.1) is 11.1 Å². The molecule has 1 saturated carbocycles. The predicted molar refractivity (Wildman–Crippen MR) is 114 cm³/mol. The highest BCUT2D eigenvalue weighted by atomic mass is 32.2. The zero-order valence-corrected chi connectivity index (χ0v) is 17.4. The minimum absolute atomic E-state index is 0.251. The van der Waals surface area contributed by atoms with Gasteiger partial charge in [-0.2, -0.15) is 5.26 Å². The molecule has 8 heteroatoms. The predicted octanol–water partition coefficient (Wildman–Crippen LogP) is 4.70. The Morgan fingerprint density at radius 2 is 2.03 bits per heavy atom. The molecule has 0 spiro atoms. The second kappa shape index (κ2) is 8.51. The van der Waals surface area contributed by atoms with Gasteiger partial charge < -0.3 is 10.1 Å². The Balaban J connectivity index is 1.58. The second-order valence-electron chi connectivity index (χ2n) is 6.93. The van der Waals surface area contributed by atoms with Gasteiger partial charge in [0.15, 0.2) is 0 Å². The van der Waals surface area contributed by atoms with Gasteiger partial charge in [0.25, 0.3) is 5.91 Å². The number of hydrogen-bond acceptors (Lipinski definition) is 7. The summed E-state index contributed by atoms with van der Waals surface area (Å²) in [6.45, 7) is 1.87. The van der Waals surface area contributed by atoms with Crippen molar-refractivity contribution in [2.45, 2.75) is 30.7 Å². The molecule has 7 nitrogen and oxygen atoms in total. The molecule has 0 aliphatic heterocycles. The van der Waals surface area contributed by atoms with Crippen LogP contribution in [0.1, 0.15) is 45.9 Å². The maximum absolute atomic E-state index is 13.0. The van der Waals surface area contributed by atoms with Crippen molar-refractivity contribution in [1.29, 1.82) is 5.26 Å². The van der Waals surface area contributed by atoms with Crippen molar-refractivity contribution in [3.8, 4) is 17.8 Å². The summed E-state index contributed by atoms with van der Waals surface area (Å²) >= 11 is 1.38. The first-order chi connectivity index (χ1) is 14.6. The number of aryl methyl sites for hydroxylation is 1. The SMILES string of the molecule is CSc1nc(C2CC2)cc(C(=O)Nc2ccc(Oc3ncccn3)cc2C)c1C#N. The molecule has 2 heterocycles. The smallest absolute Gasteiger partial charge is 0.321 e. The van der Waals surface area contributed by atoms with E-state index < -0.39 is 0 Å². The highest BCUT2D eigenvalue weighted by molar-refractivity contribution is 7.98. The molecule has 3 aromatic rings. The van der Waals surface area contributed by atoms with Crippen LogP contribution in [0, 0.1) is 18.3 Å². The topological polar surface area (TPSA) is 101 Å². The van der Waals surface area contributed by atoms with E-state index in [4.69, 9.17) is 4.74 Å². The molecule has 4 rings (SSSR count). The molecule has 0 unspecified atom stereocenters. The number of anilines is 1. The monoisotopic (exact) mass is 417 g/mol. The summed E-state index contributed by atoms with van der Waals surface area (Å²) in [5.74, 6) is 0.627. The number of aromatic nitrogens is 3. The fourth-order valence-electron chi connectivity index (χ4n) is 3.04. The van der Waals surface area contributed by atoms with Gasteiger partial charge in [-0.3, -0.25) is 4.79 Å². The lowest BCUT2D eigenvalue weighted by Gasteiger charge is -2.13. The van der Waals surface area contributed by atoms with E-state index >= 15 is 0 Å². The molecule has 0 saturated heterocycles. The summed E-state index contributed by atoms with van der Waals surface area (Å²) in [4.78, 5) is 25.7. The number of nitriles is 1. The lowest BCUT2D eigenvalue weighted by atomic mass is 10.1. The van der Waals surface area contributed by atoms with Gasteiger partial charge >= 0.3 is 6.01 Å². The third-order valence-corrected chi connectivity index (χ3v) is 5.43. The number of thioether (sulfide) groups is 1. The van der Waals surface area contributed by atoms with Gasteiger partial charge in [-0.05, 0) is 61.9 Å². The molecular formula is C22H19N5O2S. The normalized spacial score (nSPS) is 12.8. The van der Waals surface area contributed by atoms with E-state index in [1.54, 1.807) is 42.7 Å². The number of benzene rings is 1. The number of carbonyl (C=O) groups is 1. The van der Waals surface area contributed by atoms with Crippen LogP contribution in [0.4, 0.5) is 5.69 Å². The Morgan fingerprint density at radius 3 is 2.67 bits per heavy atom. The Morgan fingerprint density at radius 1 is 1.27 bits per heavy atom. The van der Waals surface area contributed by atoms with E-state index in [2.05, 4.69) is 26.3 Å². The molecule has 1 aliphatic carbocycles. The number of pyridine rings is 1. The quantitative estimate of drug-likeness (QED) is 0.580. The lowest BCUT2D eigenvalue weighted by Crippen LogP contribution is -2.16. The molecule has 1 amide bonds. The molecule has 30 heavy (non-hydrogen) atoms. The minimum atomic E-state index is -0.325. The van der Waals surface area contributed by atoms with Gasteiger partial charge in [0.2, 0.25) is 0 Å². The number of rotatable bonds is 6. The third kappa shape index (κ3) is 4.26. The third-order valence-electron chi connectivity index (χ3n) is 4.75. The van der Waals surface area contributed by atoms with Gasteiger partial charge in [-0.25, -0.2) is 15.0 Å². The van der Waals surface area contributed by atoms with Crippen LogP contribution in [0.15, 0.2) is 47.8 Å². The molecule has 0 atom stereocenters. The van der Waals surface area contributed by atoms with Crippen molar-refractivity contribution < 1.29 is 9.53 Å². The molecule has 1 aromatic carbocycles. The number of ether oxygens (including phenoxy) is 1. The molecule has 0 bridgehead atoms. The van der Waals surface area contributed by atoms with Crippen LogP contribution >= 0.6 is 11.8 Å². The number of amides is 1. The average Bonchev–Trinajstić information content (AvgIpc) is 3.60. The summed E-state index contributed by atoms with van der Waals surface area (Å²) in [6, 6.07) is 11.2. The Hall–Kier alpha value is -3.44. The molecule has 2 aromatic heterocycles. The van der Waals surface area contributed by atoms with Gasteiger partial charge in [-0.1, -0.05) is 0 Å². The zero-order chi connectivity index (χ0) is 21.1. The van der Waals surface area contributed by atoms with Crippen molar-refractivity contribution in [2.24, 2.45) is 0 Å². The van der Waals surface area contributed by atoms with Crippen LogP contribution in [0.2, 0.25) is 0 Å². The Bertz CT molecular complexity index is 1140. The van der Waals surface area contributed by atoms with E-state index in [9.17, 15) is 10.1 Å². The highest BCUT2D eigenvalue weighted by Gasteiger charge is 2.28. The highest BCUT2D eigenvalue weighted by Crippen LogP contribution is 2.40. The fraction of sp³-hybridized carbons (Fsp3) is 0.227. The molecule has 150 valence electrons. The van der Waals surface area contributed by atoms with E-state index in [0.29, 0.717) is 33.5 Å².